The van der Waals surface area contributed by atoms with E-state index in [1.807, 2.05) is 46.8 Å². The van der Waals surface area contributed by atoms with Gasteiger partial charge in [-0.05, 0) is 24.6 Å². The van der Waals surface area contributed by atoms with Gasteiger partial charge in [0.25, 0.3) is 5.91 Å². The normalized spacial score (nSPS) is 14.7. The molecule has 0 bridgehead atoms. The van der Waals surface area contributed by atoms with Crippen LogP contribution in [-0.2, 0) is 17.9 Å². The van der Waals surface area contributed by atoms with Crippen LogP contribution >= 0.6 is 0 Å². The summed E-state index contributed by atoms with van der Waals surface area (Å²) >= 11 is 0. The average Bonchev–Trinajstić information content (AvgIpc) is 3.05. The van der Waals surface area contributed by atoms with E-state index in [2.05, 4.69) is 17.3 Å². The summed E-state index contributed by atoms with van der Waals surface area (Å²) in [6.07, 6.45) is 1.90. The van der Waals surface area contributed by atoms with Crippen molar-refractivity contribution in [3.8, 4) is 0 Å². The van der Waals surface area contributed by atoms with Crippen molar-refractivity contribution in [3.05, 3.63) is 47.8 Å². The maximum Gasteiger partial charge on any atom is 0.276 e. The van der Waals surface area contributed by atoms with Gasteiger partial charge >= 0.3 is 0 Å². The molecule has 0 radical (unpaired) electrons. The van der Waals surface area contributed by atoms with E-state index in [9.17, 15) is 9.59 Å². The van der Waals surface area contributed by atoms with Crippen LogP contribution in [0.1, 0.15) is 42.9 Å². The maximum absolute atomic E-state index is 12.5. The van der Waals surface area contributed by atoms with Crippen molar-refractivity contribution in [1.29, 1.82) is 0 Å². The molecule has 25 heavy (non-hydrogen) atoms. The number of aromatic nitrogens is 2. The third kappa shape index (κ3) is 3.90. The zero-order chi connectivity index (χ0) is 17.8. The molecular formula is C19H24N4O2. The van der Waals surface area contributed by atoms with E-state index in [1.165, 1.54) is 0 Å². The molecule has 2 amide bonds. The van der Waals surface area contributed by atoms with Crippen LogP contribution < -0.4 is 5.32 Å². The molecule has 0 spiro atoms. The van der Waals surface area contributed by atoms with E-state index >= 15 is 0 Å². The molecule has 1 unspecified atom stereocenters. The Labute approximate surface area is 147 Å². The predicted octanol–water partition coefficient (Wildman–Crippen LogP) is 2.91. The number of benzene rings is 1. The Morgan fingerprint density at radius 3 is 2.72 bits per heavy atom. The molecule has 3 rings (SSSR count). The molecule has 0 saturated heterocycles. The number of amides is 2. The summed E-state index contributed by atoms with van der Waals surface area (Å²) in [4.78, 5) is 26.7. The molecule has 1 aromatic heterocycles. The Morgan fingerprint density at radius 2 is 2.00 bits per heavy atom. The number of rotatable bonds is 5. The molecule has 1 atom stereocenters. The third-order valence-electron chi connectivity index (χ3n) is 4.52. The van der Waals surface area contributed by atoms with E-state index in [-0.39, 0.29) is 17.7 Å². The van der Waals surface area contributed by atoms with Crippen LogP contribution in [0.25, 0.3) is 0 Å². The highest BCUT2D eigenvalue weighted by molar-refractivity contribution is 6.02. The lowest BCUT2D eigenvalue weighted by Gasteiger charge is -2.29. The number of hydrogen-bond acceptors (Lipinski definition) is 3. The molecule has 0 saturated carbocycles. The minimum absolute atomic E-state index is 0.0420. The van der Waals surface area contributed by atoms with Gasteiger partial charge in [0.15, 0.2) is 5.69 Å². The van der Waals surface area contributed by atoms with Crippen LogP contribution in [0.5, 0.6) is 0 Å². The number of hydrogen-bond donors (Lipinski definition) is 1. The van der Waals surface area contributed by atoms with E-state index in [1.54, 1.807) is 6.07 Å². The van der Waals surface area contributed by atoms with Crippen molar-refractivity contribution in [2.75, 3.05) is 11.9 Å². The first kappa shape index (κ1) is 17.2. The van der Waals surface area contributed by atoms with Gasteiger partial charge in [-0.25, -0.2) is 0 Å². The van der Waals surface area contributed by atoms with Crippen LogP contribution in [0, 0.1) is 5.92 Å². The van der Waals surface area contributed by atoms with Gasteiger partial charge in [0.1, 0.15) is 0 Å². The van der Waals surface area contributed by atoms with Gasteiger partial charge < -0.3 is 10.2 Å². The molecule has 0 fully saturated rings. The monoisotopic (exact) mass is 340 g/mol. The van der Waals surface area contributed by atoms with Gasteiger partial charge in [-0.15, -0.1) is 0 Å². The van der Waals surface area contributed by atoms with E-state index in [4.69, 9.17) is 0 Å². The minimum atomic E-state index is -0.231. The highest BCUT2D eigenvalue weighted by atomic mass is 16.2. The zero-order valence-corrected chi connectivity index (χ0v) is 14.7. The Morgan fingerprint density at radius 1 is 1.24 bits per heavy atom. The van der Waals surface area contributed by atoms with Crippen LogP contribution in [-0.4, -0.2) is 33.0 Å². The van der Waals surface area contributed by atoms with Gasteiger partial charge in [0.05, 0.1) is 18.8 Å². The van der Waals surface area contributed by atoms with Gasteiger partial charge in [-0.1, -0.05) is 38.5 Å². The van der Waals surface area contributed by atoms with Crippen molar-refractivity contribution < 1.29 is 9.59 Å². The van der Waals surface area contributed by atoms with E-state index in [0.29, 0.717) is 25.3 Å². The Hall–Kier alpha value is -2.63. The molecule has 0 aliphatic carbocycles. The number of nitrogens with one attached hydrogen (secondary N) is 1. The summed E-state index contributed by atoms with van der Waals surface area (Å²) in [5, 5.41) is 7.23. The molecule has 2 aromatic rings. The lowest BCUT2D eigenvalue weighted by atomic mass is 10.0. The van der Waals surface area contributed by atoms with E-state index in [0.717, 1.165) is 24.2 Å². The summed E-state index contributed by atoms with van der Waals surface area (Å²) in [5.41, 5.74) is 2.03. The van der Waals surface area contributed by atoms with Crippen molar-refractivity contribution >= 4 is 17.5 Å². The standard InChI is InChI=1S/C19H24N4O2/c1-3-7-14(2)19(25)22-10-11-23-16(13-22)12-17(21-23)18(24)20-15-8-5-4-6-9-15/h4-6,8-9,12,14H,3,7,10-11,13H2,1-2H3,(H,20,24). The Balaban J connectivity index is 1.68. The number of carbonyl (C=O) groups excluding carboxylic acids is 2. The van der Waals surface area contributed by atoms with Crippen molar-refractivity contribution in [2.24, 2.45) is 5.92 Å². The second-order valence-electron chi connectivity index (χ2n) is 6.51. The topological polar surface area (TPSA) is 67.2 Å². The maximum atomic E-state index is 12.5. The number of carbonyl (C=O) groups is 2. The van der Waals surface area contributed by atoms with Gasteiger partial charge in [-0.2, -0.15) is 5.10 Å². The molecule has 2 heterocycles. The number of fused-ring (bicyclic) bond motifs is 1. The lowest BCUT2D eigenvalue weighted by Crippen LogP contribution is -2.41. The van der Waals surface area contributed by atoms with Crippen LogP contribution in [0.3, 0.4) is 0 Å². The first-order valence-corrected chi connectivity index (χ1v) is 8.80. The van der Waals surface area contributed by atoms with E-state index < -0.39 is 0 Å². The molecule has 1 aliphatic rings. The lowest BCUT2D eigenvalue weighted by molar-refractivity contribution is -0.136. The van der Waals surface area contributed by atoms with Crippen molar-refractivity contribution in [1.82, 2.24) is 14.7 Å². The highest BCUT2D eigenvalue weighted by Crippen LogP contribution is 2.18. The first-order valence-electron chi connectivity index (χ1n) is 8.80. The predicted molar refractivity (Wildman–Crippen MR) is 96.1 cm³/mol. The fraction of sp³-hybridized carbons (Fsp3) is 0.421. The fourth-order valence-electron chi connectivity index (χ4n) is 3.15. The molecule has 6 heteroatoms. The summed E-state index contributed by atoms with van der Waals surface area (Å²) < 4.78 is 1.83. The second-order valence-corrected chi connectivity index (χ2v) is 6.51. The Bertz CT molecular complexity index is 754. The Kier molecular flexibility index (Phi) is 5.16. The highest BCUT2D eigenvalue weighted by Gasteiger charge is 2.26. The van der Waals surface area contributed by atoms with Crippen molar-refractivity contribution in [2.45, 2.75) is 39.8 Å². The molecule has 6 nitrogen and oxygen atoms in total. The third-order valence-corrected chi connectivity index (χ3v) is 4.52. The largest absolute Gasteiger partial charge is 0.335 e. The van der Waals surface area contributed by atoms with Gasteiger partial charge in [-0.3, -0.25) is 14.3 Å². The SMILES string of the molecule is CCCC(C)C(=O)N1CCn2nc(C(=O)Nc3ccccc3)cc2C1. The van der Waals surface area contributed by atoms with Crippen LogP contribution in [0.15, 0.2) is 36.4 Å². The smallest absolute Gasteiger partial charge is 0.276 e. The molecular weight excluding hydrogens is 316 g/mol. The molecule has 1 aliphatic heterocycles. The zero-order valence-electron chi connectivity index (χ0n) is 14.7. The minimum Gasteiger partial charge on any atom is -0.335 e. The summed E-state index contributed by atoms with van der Waals surface area (Å²) in [6.45, 7) is 5.85. The number of nitrogens with zero attached hydrogens (tertiary/aromatic N) is 3. The second kappa shape index (κ2) is 7.51. The quantitative estimate of drug-likeness (QED) is 0.910. The summed E-state index contributed by atoms with van der Waals surface area (Å²) in [6, 6.07) is 11.1. The van der Waals surface area contributed by atoms with Crippen molar-refractivity contribution in [3.63, 3.8) is 0 Å². The van der Waals surface area contributed by atoms with Crippen LogP contribution in [0.2, 0.25) is 0 Å². The molecule has 1 aromatic carbocycles. The first-order chi connectivity index (χ1) is 12.1. The summed E-state index contributed by atoms with van der Waals surface area (Å²) in [5.74, 6) is -0.00441. The molecule has 132 valence electrons. The number of anilines is 1. The fourth-order valence-corrected chi connectivity index (χ4v) is 3.15. The van der Waals surface area contributed by atoms with Gasteiger partial charge in [0, 0.05) is 18.2 Å². The summed E-state index contributed by atoms with van der Waals surface area (Å²) in [7, 11) is 0. The number of para-hydroxylation sites is 1. The van der Waals surface area contributed by atoms with Crippen LogP contribution in [0.4, 0.5) is 5.69 Å². The average molecular weight is 340 g/mol. The van der Waals surface area contributed by atoms with Gasteiger partial charge in [0.2, 0.25) is 5.91 Å². The molecule has 1 N–H and O–H groups in total.